The van der Waals surface area contributed by atoms with Crippen LogP contribution in [0.15, 0.2) is 18.2 Å². The third-order valence-corrected chi connectivity index (χ3v) is 2.24. The summed E-state index contributed by atoms with van der Waals surface area (Å²) in [6.07, 6.45) is -3.67. The fourth-order valence-corrected chi connectivity index (χ4v) is 1.37. The first kappa shape index (κ1) is 12.4. The third kappa shape index (κ3) is 2.59. The molecule has 1 unspecified atom stereocenters. The Morgan fingerprint density at radius 2 is 2.11 bits per heavy atom. The molecule has 0 bridgehead atoms. The third-order valence-electron chi connectivity index (χ3n) is 2.24. The lowest BCUT2D eigenvalue weighted by atomic mass is 10.2. The minimum Gasteiger partial charge on any atom is -0.480 e. The number of halogens is 2. The molecule has 1 aliphatic heterocycles. The summed E-state index contributed by atoms with van der Waals surface area (Å²) in [4.78, 5) is 10.5. The lowest BCUT2D eigenvalue weighted by molar-refractivity contribution is -0.286. The summed E-state index contributed by atoms with van der Waals surface area (Å²) in [5, 5.41) is 11.3. The quantitative estimate of drug-likeness (QED) is 0.742. The standard InChI is InChI=1S/C10H10F2N2O4/c11-10(12)17-7-2-1-5(3-8(7)18-10)14-4-6(13)9(15)16/h1-3,6,14H,4,13H2,(H,15,16). The number of aliphatic carboxylic acids is 1. The van der Waals surface area contributed by atoms with Gasteiger partial charge in [-0.2, -0.15) is 0 Å². The summed E-state index contributed by atoms with van der Waals surface area (Å²) in [6, 6.07) is 2.95. The Morgan fingerprint density at radius 1 is 1.44 bits per heavy atom. The molecular formula is C10H10F2N2O4. The Hall–Kier alpha value is -2.09. The van der Waals surface area contributed by atoms with E-state index in [-0.39, 0.29) is 18.0 Å². The summed E-state index contributed by atoms with van der Waals surface area (Å²) >= 11 is 0. The van der Waals surface area contributed by atoms with Crippen LogP contribution in [0.3, 0.4) is 0 Å². The van der Waals surface area contributed by atoms with Gasteiger partial charge in [0.05, 0.1) is 0 Å². The van der Waals surface area contributed by atoms with Crippen molar-refractivity contribution in [2.75, 3.05) is 11.9 Å². The summed E-state index contributed by atoms with van der Waals surface area (Å²) in [5.41, 5.74) is 5.69. The van der Waals surface area contributed by atoms with Gasteiger partial charge >= 0.3 is 12.3 Å². The zero-order chi connectivity index (χ0) is 13.3. The minimum atomic E-state index is -3.67. The number of carboxylic acids is 1. The van der Waals surface area contributed by atoms with Gasteiger partial charge in [-0.05, 0) is 12.1 Å². The first-order valence-corrected chi connectivity index (χ1v) is 4.99. The Balaban J connectivity index is 2.03. The van der Waals surface area contributed by atoms with E-state index in [1.807, 2.05) is 0 Å². The van der Waals surface area contributed by atoms with Crippen LogP contribution in [0.5, 0.6) is 11.5 Å². The number of benzene rings is 1. The topological polar surface area (TPSA) is 93.8 Å². The van der Waals surface area contributed by atoms with Crippen molar-refractivity contribution in [3.05, 3.63) is 18.2 Å². The van der Waals surface area contributed by atoms with Crippen molar-refractivity contribution in [2.24, 2.45) is 5.73 Å². The molecule has 0 radical (unpaired) electrons. The highest BCUT2D eigenvalue weighted by Crippen LogP contribution is 2.42. The van der Waals surface area contributed by atoms with Crippen LogP contribution in [0, 0.1) is 0 Å². The molecular weight excluding hydrogens is 250 g/mol. The average molecular weight is 260 g/mol. The van der Waals surface area contributed by atoms with E-state index in [1.165, 1.54) is 18.2 Å². The number of hydrogen-bond donors (Lipinski definition) is 3. The highest BCUT2D eigenvalue weighted by Gasteiger charge is 2.43. The summed E-state index contributed by atoms with van der Waals surface area (Å²) < 4.78 is 33.9. The molecule has 6 nitrogen and oxygen atoms in total. The van der Waals surface area contributed by atoms with Crippen LogP contribution in [-0.4, -0.2) is 30.0 Å². The smallest absolute Gasteiger partial charge is 0.480 e. The zero-order valence-corrected chi connectivity index (χ0v) is 9.02. The highest BCUT2D eigenvalue weighted by molar-refractivity contribution is 5.74. The summed E-state index contributed by atoms with van der Waals surface area (Å²) in [7, 11) is 0. The minimum absolute atomic E-state index is 0.0363. The second-order valence-corrected chi connectivity index (χ2v) is 3.65. The molecule has 0 fully saturated rings. The van der Waals surface area contributed by atoms with Crippen molar-refractivity contribution in [3.8, 4) is 11.5 Å². The van der Waals surface area contributed by atoms with E-state index in [9.17, 15) is 13.6 Å². The molecule has 0 saturated carbocycles. The first-order chi connectivity index (χ1) is 8.37. The molecule has 2 rings (SSSR count). The van der Waals surface area contributed by atoms with Crippen LogP contribution in [0.1, 0.15) is 0 Å². The molecule has 18 heavy (non-hydrogen) atoms. The van der Waals surface area contributed by atoms with Gasteiger partial charge in [-0.25, -0.2) is 0 Å². The number of rotatable bonds is 4. The van der Waals surface area contributed by atoms with Crippen molar-refractivity contribution in [3.63, 3.8) is 0 Å². The summed E-state index contributed by atoms with van der Waals surface area (Å²) in [6.45, 7) is -0.0363. The van der Waals surface area contributed by atoms with Gasteiger partial charge < -0.3 is 25.6 Å². The molecule has 0 spiro atoms. The van der Waals surface area contributed by atoms with Gasteiger partial charge in [0.15, 0.2) is 11.5 Å². The fraction of sp³-hybridized carbons (Fsp3) is 0.300. The zero-order valence-electron chi connectivity index (χ0n) is 9.02. The molecule has 4 N–H and O–H groups in total. The predicted octanol–water partition coefficient (Wildman–Crippen LogP) is 0.832. The van der Waals surface area contributed by atoms with Crippen LogP contribution >= 0.6 is 0 Å². The second-order valence-electron chi connectivity index (χ2n) is 3.65. The van der Waals surface area contributed by atoms with Gasteiger partial charge in [-0.15, -0.1) is 8.78 Å². The molecule has 1 aromatic rings. The predicted molar refractivity (Wildman–Crippen MR) is 56.7 cm³/mol. The van der Waals surface area contributed by atoms with E-state index >= 15 is 0 Å². The lowest BCUT2D eigenvalue weighted by Gasteiger charge is -2.09. The molecule has 1 atom stereocenters. The van der Waals surface area contributed by atoms with Crippen LogP contribution in [0.4, 0.5) is 14.5 Å². The largest absolute Gasteiger partial charge is 0.586 e. The summed E-state index contributed by atoms with van der Waals surface area (Å²) in [5.74, 6) is -1.35. The van der Waals surface area contributed by atoms with E-state index in [2.05, 4.69) is 14.8 Å². The average Bonchev–Trinajstić information content (AvgIpc) is 2.58. The number of fused-ring (bicyclic) bond motifs is 1. The van der Waals surface area contributed by atoms with Crippen LogP contribution in [0.2, 0.25) is 0 Å². The first-order valence-electron chi connectivity index (χ1n) is 4.99. The number of hydrogen-bond acceptors (Lipinski definition) is 5. The highest BCUT2D eigenvalue weighted by atomic mass is 19.3. The van der Waals surface area contributed by atoms with Crippen molar-refractivity contribution < 1.29 is 28.2 Å². The molecule has 0 saturated heterocycles. The van der Waals surface area contributed by atoms with E-state index in [1.54, 1.807) is 0 Å². The normalized spacial score (nSPS) is 17.3. The fourth-order valence-electron chi connectivity index (χ4n) is 1.37. The number of alkyl halides is 2. The molecule has 0 aliphatic carbocycles. The second kappa shape index (κ2) is 4.30. The van der Waals surface area contributed by atoms with Crippen molar-refractivity contribution >= 4 is 11.7 Å². The Bertz CT molecular complexity index is 481. The number of carboxylic acid groups (broad SMARTS) is 1. The van der Waals surface area contributed by atoms with Gasteiger partial charge in [-0.3, -0.25) is 4.79 Å². The van der Waals surface area contributed by atoms with Crippen LogP contribution in [0.25, 0.3) is 0 Å². The van der Waals surface area contributed by atoms with Crippen molar-refractivity contribution in [2.45, 2.75) is 12.3 Å². The molecule has 98 valence electrons. The number of carbonyl (C=O) groups is 1. The molecule has 8 heteroatoms. The van der Waals surface area contributed by atoms with Gasteiger partial charge in [-0.1, -0.05) is 0 Å². The number of nitrogens with one attached hydrogen (secondary N) is 1. The van der Waals surface area contributed by atoms with E-state index in [0.29, 0.717) is 5.69 Å². The molecule has 1 aliphatic rings. The Kier molecular flexibility index (Phi) is 2.95. The van der Waals surface area contributed by atoms with E-state index in [4.69, 9.17) is 10.8 Å². The van der Waals surface area contributed by atoms with E-state index < -0.39 is 18.3 Å². The maximum Gasteiger partial charge on any atom is 0.586 e. The van der Waals surface area contributed by atoms with Crippen molar-refractivity contribution in [1.82, 2.24) is 0 Å². The number of nitrogens with two attached hydrogens (primary N) is 1. The molecule has 1 heterocycles. The van der Waals surface area contributed by atoms with Gasteiger partial charge in [0.25, 0.3) is 0 Å². The maximum absolute atomic E-state index is 12.7. The lowest BCUT2D eigenvalue weighted by Crippen LogP contribution is -2.36. The monoisotopic (exact) mass is 260 g/mol. The number of ether oxygens (including phenoxy) is 2. The van der Waals surface area contributed by atoms with Crippen LogP contribution in [-0.2, 0) is 4.79 Å². The van der Waals surface area contributed by atoms with Gasteiger partial charge in [0.1, 0.15) is 6.04 Å². The van der Waals surface area contributed by atoms with Gasteiger partial charge in [0.2, 0.25) is 0 Å². The maximum atomic E-state index is 12.7. The molecule has 0 amide bonds. The van der Waals surface area contributed by atoms with Gasteiger partial charge in [0, 0.05) is 18.3 Å². The molecule has 0 aromatic heterocycles. The van der Waals surface area contributed by atoms with E-state index in [0.717, 1.165) is 0 Å². The van der Waals surface area contributed by atoms with Crippen LogP contribution < -0.4 is 20.5 Å². The number of anilines is 1. The Morgan fingerprint density at radius 3 is 2.78 bits per heavy atom. The Labute approximate surface area is 100 Å². The molecule has 1 aromatic carbocycles. The van der Waals surface area contributed by atoms with Crippen molar-refractivity contribution in [1.29, 1.82) is 0 Å². The SMILES string of the molecule is NC(CNc1ccc2c(c1)OC(F)(F)O2)C(=O)O.